The second kappa shape index (κ2) is 8.13. The molecular formula is C22H19FO5S. The van der Waals surface area contributed by atoms with Crippen molar-refractivity contribution in [1.82, 2.24) is 0 Å². The van der Waals surface area contributed by atoms with Crippen LogP contribution < -0.4 is 0 Å². The van der Waals surface area contributed by atoms with Gasteiger partial charge in [0.25, 0.3) is 0 Å². The number of hydrogen-bond acceptors (Lipinski definition) is 5. The van der Waals surface area contributed by atoms with Crippen LogP contribution in [0.25, 0.3) is 10.8 Å². The van der Waals surface area contributed by atoms with Crippen molar-refractivity contribution >= 4 is 32.4 Å². The fourth-order valence-corrected chi connectivity index (χ4v) is 3.70. The number of carbonyl (C=O) groups is 2. The molecule has 0 spiro atoms. The molecular weight excluding hydrogens is 395 g/mol. The molecule has 0 aliphatic heterocycles. The standard InChI is InChI=1S/C22H19FO5S/c1-3-28-21(24)12-14-10-16-4-7-17(23)13-19(16)20(11-14)22(25)15-5-8-18(9-6-15)29(2,26)27/h4-11,13H,3,12H2,1-2H3. The number of fused-ring (bicyclic) bond motifs is 1. The van der Waals surface area contributed by atoms with E-state index in [2.05, 4.69) is 0 Å². The molecule has 0 saturated carbocycles. The Hall–Kier alpha value is -3.06. The largest absolute Gasteiger partial charge is 0.466 e. The Balaban J connectivity index is 2.09. The van der Waals surface area contributed by atoms with E-state index in [0.717, 1.165) is 6.26 Å². The van der Waals surface area contributed by atoms with Gasteiger partial charge >= 0.3 is 5.97 Å². The maximum absolute atomic E-state index is 13.8. The van der Waals surface area contributed by atoms with Crippen molar-refractivity contribution in [3.63, 3.8) is 0 Å². The van der Waals surface area contributed by atoms with Gasteiger partial charge in [0, 0.05) is 17.4 Å². The lowest BCUT2D eigenvalue weighted by Crippen LogP contribution is -2.09. The molecule has 5 nitrogen and oxygen atoms in total. The van der Waals surface area contributed by atoms with E-state index in [1.807, 2.05) is 0 Å². The molecule has 3 aromatic carbocycles. The van der Waals surface area contributed by atoms with Crippen LogP contribution >= 0.6 is 0 Å². The summed E-state index contributed by atoms with van der Waals surface area (Å²) in [5.74, 6) is -1.31. The molecule has 150 valence electrons. The van der Waals surface area contributed by atoms with Crippen LogP contribution in [-0.4, -0.2) is 33.0 Å². The van der Waals surface area contributed by atoms with Crippen LogP contribution in [0.15, 0.2) is 59.5 Å². The second-order valence-electron chi connectivity index (χ2n) is 6.62. The average molecular weight is 414 g/mol. The highest BCUT2D eigenvalue weighted by Gasteiger charge is 2.17. The summed E-state index contributed by atoms with van der Waals surface area (Å²) in [4.78, 5) is 25.1. The van der Waals surface area contributed by atoms with Gasteiger partial charge in [0.05, 0.1) is 17.9 Å². The van der Waals surface area contributed by atoms with E-state index in [1.54, 1.807) is 25.1 Å². The minimum Gasteiger partial charge on any atom is -0.466 e. The van der Waals surface area contributed by atoms with Crippen LogP contribution in [0.2, 0.25) is 0 Å². The first kappa shape index (κ1) is 20.7. The number of esters is 1. The van der Waals surface area contributed by atoms with E-state index in [9.17, 15) is 22.4 Å². The Morgan fingerprint density at radius 3 is 2.31 bits per heavy atom. The van der Waals surface area contributed by atoms with Crippen LogP contribution in [0.5, 0.6) is 0 Å². The predicted octanol–water partition coefficient (Wildman–Crippen LogP) is 3.72. The lowest BCUT2D eigenvalue weighted by atomic mass is 9.94. The maximum Gasteiger partial charge on any atom is 0.310 e. The minimum atomic E-state index is -3.39. The molecule has 7 heteroatoms. The zero-order chi connectivity index (χ0) is 21.2. The number of carbonyl (C=O) groups excluding carboxylic acids is 2. The topological polar surface area (TPSA) is 77.5 Å². The van der Waals surface area contributed by atoms with E-state index in [-0.39, 0.29) is 29.1 Å². The Kier molecular flexibility index (Phi) is 5.79. The highest BCUT2D eigenvalue weighted by Crippen LogP contribution is 2.26. The Bertz CT molecular complexity index is 1200. The van der Waals surface area contributed by atoms with Gasteiger partial charge in [-0.25, -0.2) is 12.8 Å². The first-order chi connectivity index (χ1) is 13.7. The number of halogens is 1. The lowest BCUT2D eigenvalue weighted by Gasteiger charge is -2.11. The quantitative estimate of drug-likeness (QED) is 0.454. The summed E-state index contributed by atoms with van der Waals surface area (Å²) in [5.41, 5.74) is 1.06. The molecule has 3 aromatic rings. The molecule has 0 aliphatic carbocycles. The smallest absolute Gasteiger partial charge is 0.310 e. The van der Waals surface area contributed by atoms with E-state index in [0.29, 0.717) is 16.3 Å². The van der Waals surface area contributed by atoms with Gasteiger partial charge in [0.2, 0.25) is 0 Å². The minimum absolute atomic E-state index is 0.0194. The van der Waals surface area contributed by atoms with Gasteiger partial charge in [-0.15, -0.1) is 0 Å². The molecule has 0 saturated heterocycles. The van der Waals surface area contributed by atoms with Gasteiger partial charge < -0.3 is 4.74 Å². The zero-order valence-electron chi connectivity index (χ0n) is 15.9. The van der Waals surface area contributed by atoms with Gasteiger partial charge in [-0.3, -0.25) is 9.59 Å². The molecule has 0 N–H and O–H groups in total. The normalized spacial score (nSPS) is 11.4. The van der Waals surface area contributed by atoms with Crippen LogP contribution in [0.1, 0.15) is 28.4 Å². The van der Waals surface area contributed by atoms with Gasteiger partial charge in [0.15, 0.2) is 15.6 Å². The Morgan fingerprint density at radius 1 is 1.00 bits per heavy atom. The molecule has 0 aliphatic rings. The molecule has 0 heterocycles. The van der Waals surface area contributed by atoms with Crippen LogP contribution in [0, 0.1) is 5.82 Å². The van der Waals surface area contributed by atoms with Crippen molar-refractivity contribution in [3.05, 3.63) is 77.1 Å². The van der Waals surface area contributed by atoms with Crippen LogP contribution in [-0.2, 0) is 25.8 Å². The van der Waals surface area contributed by atoms with Gasteiger partial charge in [0.1, 0.15) is 5.82 Å². The first-order valence-corrected chi connectivity index (χ1v) is 10.8. The van der Waals surface area contributed by atoms with Crippen molar-refractivity contribution < 1.29 is 27.1 Å². The first-order valence-electron chi connectivity index (χ1n) is 8.91. The third-order valence-corrected chi connectivity index (χ3v) is 5.55. The summed E-state index contributed by atoms with van der Waals surface area (Å²) in [5, 5.41) is 1.03. The molecule has 0 radical (unpaired) electrons. The third kappa shape index (κ3) is 4.68. The van der Waals surface area contributed by atoms with E-state index in [1.165, 1.54) is 36.4 Å². The second-order valence-corrected chi connectivity index (χ2v) is 8.63. The summed E-state index contributed by atoms with van der Waals surface area (Å²) in [6.45, 7) is 1.95. The van der Waals surface area contributed by atoms with Crippen LogP contribution in [0.3, 0.4) is 0 Å². The molecule has 0 aromatic heterocycles. The number of hydrogen-bond donors (Lipinski definition) is 0. The molecule has 0 amide bonds. The van der Waals surface area contributed by atoms with Crippen molar-refractivity contribution in [3.8, 4) is 0 Å². The van der Waals surface area contributed by atoms with Crippen molar-refractivity contribution in [2.24, 2.45) is 0 Å². The molecule has 0 fully saturated rings. The summed E-state index contributed by atoms with van der Waals surface area (Å²) in [6, 6.07) is 12.9. The van der Waals surface area contributed by atoms with E-state index < -0.39 is 27.4 Å². The number of rotatable bonds is 6. The highest BCUT2D eigenvalue weighted by molar-refractivity contribution is 7.90. The van der Waals surface area contributed by atoms with Gasteiger partial charge in [-0.2, -0.15) is 0 Å². The predicted molar refractivity (Wildman–Crippen MR) is 107 cm³/mol. The highest BCUT2D eigenvalue weighted by atomic mass is 32.2. The SMILES string of the molecule is CCOC(=O)Cc1cc(C(=O)c2ccc(S(C)(=O)=O)cc2)c2cc(F)ccc2c1. The Labute approximate surface area is 168 Å². The van der Waals surface area contributed by atoms with Crippen molar-refractivity contribution in [2.75, 3.05) is 12.9 Å². The van der Waals surface area contributed by atoms with Gasteiger partial charge in [-0.05, 0) is 65.7 Å². The molecule has 0 atom stereocenters. The number of benzene rings is 3. The molecule has 0 bridgehead atoms. The van der Waals surface area contributed by atoms with Crippen molar-refractivity contribution in [2.45, 2.75) is 18.2 Å². The summed E-state index contributed by atoms with van der Waals surface area (Å²) in [7, 11) is -3.39. The average Bonchev–Trinajstić information content (AvgIpc) is 2.66. The third-order valence-electron chi connectivity index (χ3n) is 4.42. The molecule has 3 rings (SSSR count). The number of ketones is 1. The maximum atomic E-state index is 13.8. The van der Waals surface area contributed by atoms with Crippen LogP contribution in [0.4, 0.5) is 4.39 Å². The monoisotopic (exact) mass is 414 g/mol. The fraction of sp³-hybridized carbons (Fsp3) is 0.182. The molecule has 0 unspecified atom stereocenters. The van der Waals surface area contributed by atoms with Crippen molar-refractivity contribution in [1.29, 1.82) is 0 Å². The van der Waals surface area contributed by atoms with E-state index >= 15 is 0 Å². The fourth-order valence-electron chi connectivity index (χ4n) is 3.07. The van der Waals surface area contributed by atoms with E-state index in [4.69, 9.17) is 4.74 Å². The molecule has 29 heavy (non-hydrogen) atoms. The van der Waals surface area contributed by atoms with Gasteiger partial charge in [-0.1, -0.05) is 12.1 Å². The summed E-state index contributed by atoms with van der Waals surface area (Å²) < 4.78 is 42.0. The summed E-state index contributed by atoms with van der Waals surface area (Å²) in [6.07, 6.45) is 1.06. The number of sulfone groups is 1. The lowest BCUT2D eigenvalue weighted by molar-refractivity contribution is -0.142. The number of ether oxygens (including phenoxy) is 1. The summed E-state index contributed by atoms with van der Waals surface area (Å²) >= 11 is 0. The zero-order valence-corrected chi connectivity index (χ0v) is 16.8. The Morgan fingerprint density at radius 2 is 1.69 bits per heavy atom.